The molecule has 1 atom stereocenters. The van der Waals surface area contributed by atoms with Crippen LogP contribution in [-0.2, 0) is 0 Å². The van der Waals surface area contributed by atoms with Gasteiger partial charge in [-0.25, -0.2) is 0 Å². The van der Waals surface area contributed by atoms with Crippen molar-refractivity contribution >= 4 is 10.9 Å². The van der Waals surface area contributed by atoms with Crippen molar-refractivity contribution in [3.8, 4) is 11.5 Å². The van der Waals surface area contributed by atoms with Gasteiger partial charge in [-0.1, -0.05) is 0 Å². The fraction of sp³-hybridized carbons (Fsp3) is 0.273. The molecular weight excluding hydrogens is 194 g/mol. The molecular formula is C11H11NO3. The topological polar surface area (TPSA) is 54.5 Å². The van der Waals surface area contributed by atoms with Gasteiger partial charge in [-0.05, 0) is 18.2 Å². The lowest BCUT2D eigenvalue weighted by atomic mass is 10.2. The number of aromatic nitrogens is 1. The maximum Gasteiger partial charge on any atom is 0.171 e. The lowest BCUT2D eigenvalue weighted by Crippen LogP contribution is -2.32. The molecule has 0 saturated heterocycles. The molecule has 0 saturated carbocycles. The standard InChI is InChI=1S/C11H11NO3/c13-5-7-6-14-10-2-1-9-8(3-4-12-9)11(10)15-7/h1-4,7,12-13H,5-6H2. The number of rotatable bonds is 1. The Morgan fingerprint density at radius 2 is 2.33 bits per heavy atom. The monoisotopic (exact) mass is 205 g/mol. The molecule has 15 heavy (non-hydrogen) atoms. The van der Waals surface area contributed by atoms with Crippen molar-refractivity contribution in [3.05, 3.63) is 24.4 Å². The highest BCUT2D eigenvalue weighted by molar-refractivity contribution is 5.88. The lowest BCUT2D eigenvalue weighted by Gasteiger charge is -2.25. The van der Waals surface area contributed by atoms with Crippen molar-refractivity contribution in [3.63, 3.8) is 0 Å². The molecule has 2 N–H and O–H groups in total. The third-order valence-electron chi connectivity index (χ3n) is 2.56. The molecule has 4 heteroatoms. The van der Waals surface area contributed by atoms with Gasteiger partial charge in [0.2, 0.25) is 0 Å². The number of benzene rings is 1. The minimum atomic E-state index is -0.266. The molecule has 4 nitrogen and oxygen atoms in total. The van der Waals surface area contributed by atoms with E-state index in [9.17, 15) is 0 Å². The molecule has 0 fully saturated rings. The molecule has 3 rings (SSSR count). The number of aliphatic hydroxyl groups is 1. The number of fused-ring (bicyclic) bond motifs is 3. The van der Waals surface area contributed by atoms with Crippen LogP contribution < -0.4 is 9.47 Å². The van der Waals surface area contributed by atoms with Crippen molar-refractivity contribution in [2.75, 3.05) is 13.2 Å². The SMILES string of the molecule is OCC1COc2ccc3[nH]ccc3c2O1. The molecule has 0 amide bonds. The molecule has 0 radical (unpaired) electrons. The predicted octanol–water partition coefficient (Wildman–Crippen LogP) is 1.30. The van der Waals surface area contributed by atoms with Crippen LogP contribution in [0.15, 0.2) is 24.4 Å². The summed E-state index contributed by atoms with van der Waals surface area (Å²) in [6.45, 7) is 0.375. The van der Waals surface area contributed by atoms with E-state index in [1.807, 2.05) is 24.4 Å². The van der Waals surface area contributed by atoms with Crippen LogP contribution in [0.1, 0.15) is 0 Å². The van der Waals surface area contributed by atoms with Crippen molar-refractivity contribution in [2.24, 2.45) is 0 Å². The Morgan fingerprint density at radius 1 is 1.40 bits per heavy atom. The zero-order valence-electron chi connectivity index (χ0n) is 8.06. The van der Waals surface area contributed by atoms with Crippen LogP contribution in [0.5, 0.6) is 11.5 Å². The van der Waals surface area contributed by atoms with Crippen LogP contribution >= 0.6 is 0 Å². The highest BCUT2D eigenvalue weighted by Crippen LogP contribution is 2.38. The van der Waals surface area contributed by atoms with E-state index >= 15 is 0 Å². The minimum Gasteiger partial charge on any atom is -0.486 e. The number of H-pyrrole nitrogens is 1. The third kappa shape index (κ3) is 1.26. The highest BCUT2D eigenvalue weighted by Gasteiger charge is 2.22. The number of hydrogen-bond donors (Lipinski definition) is 2. The van der Waals surface area contributed by atoms with Gasteiger partial charge >= 0.3 is 0 Å². The zero-order valence-corrected chi connectivity index (χ0v) is 8.06. The number of aromatic amines is 1. The van der Waals surface area contributed by atoms with E-state index in [2.05, 4.69) is 4.98 Å². The molecule has 0 aliphatic carbocycles. The summed E-state index contributed by atoms with van der Waals surface area (Å²) in [7, 11) is 0. The number of aliphatic hydroxyl groups excluding tert-OH is 1. The van der Waals surface area contributed by atoms with Gasteiger partial charge in [0.15, 0.2) is 17.6 Å². The average molecular weight is 205 g/mol. The summed E-state index contributed by atoms with van der Waals surface area (Å²) in [4.78, 5) is 3.10. The Labute approximate surface area is 86.4 Å². The van der Waals surface area contributed by atoms with Crippen LogP contribution in [0.4, 0.5) is 0 Å². The van der Waals surface area contributed by atoms with Crippen molar-refractivity contribution in [1.82, 2.24) is 4.98 Å². The number of hydrogen-bond acceptors (Lipinski definition) is 3. The van der Waals surface area contributed by atoms with E-state index in [-0.39, 0.29) is 12.7 Å². The normalized spacial score (nSPS) is 19.4. The van der Waals surface area contributed by atoms with Crippen LogP contribution in [0.2, 0.25) is 0 Å². The van der Waals surface area contributed by atoms with Gasteiger partial charge in [-0.2, -0.15) is 0 Å². The van der Waals surface area contributed by atoms with E-state index < -0.39 is 0 Å². The quantitative estimate of drug-likeness (QED) is 0.737. The van der Waals surface area contributed by atoms with E-state index in [1.54, 1.807) is 0 Å². The summed E-state index contributed by atoms with van der Waals surface area (Å²) in [6, 6.07) is 5.77. The van der Waals surface area contributed by atoms with E-state index in [1.165, 1.54) is 0 Å². The van der Waals surface area contributed by atoms with Crippen LogP contribution in [0, 0.1) is 0 Å². The first kappa shape index (κ1) is 8.61. The Kier molecular flexibility index (Phi) is 1.82. The van der Waals surface area contributed by atoms with E-state index in [0.717, 1.165) is 22.4 Å². The first-order chi connectivity index (χ1) is 7.38. The summed E-state index contributed by atoms with van der Waals surface area (Å²) in [6.07, 6.45) is 1.59. The van der Waals surface area contributed by atoms with Gasteiger partial charge in [0.1, 0.15) is 6.61 Å². The first-order valence-corrected chi connectivity index (χ1v) is 4.89. The second-order valence-corrected chi connectivity index (χ2v) is 3.57. The molecule has 0 spiro atoms. The van der Waals surface area contributed by atoms with Gasteiger partial charge in [0, 0.05) is 17.1 Å². The van der Waals surface area contributed by atoms with Crippen LogP contribution in [-0.4, -0.2) is 29.4 Å². The van der Waals surface area contributed by atoms with Gasteiger partial charge in [0.05, 0.1) is 6.61 Å². The summed E-state index contributed by atoms with van der Waals surface area (Å²) in [5.74, 6) is 1.46. The smallest absolute Gasteiger partial charge is 0.171 e. The predicted molar refractivity (Wildman–Crippen MR) is 55.3 cm³/mol. The Hall–Kier alpha value is -1.68. The van der Waals surface area contributed by atoms with Gasteiger partial charge in [-0.15, -0.1) is 0 Å². The highest BCUT2D eigenvalue weighted by atomic mass is 16.6. The molecule has 1 aromatic carbocycles. The largest absolute Gasteiger partial charge is 0.486 e. The van der Waals surface area contributed by atoms with E-state index in [4.69, 9.17) is 14.6 Å². The molecule has 1 aromatic heterocycles. The van der Waals surface area contributed by atoms with E-state index in [0.29, 0.717) is 6.61 Å². The number of ether oxygens (including phenoxy) is 2. The Bertz CT molecular complexity index is 492. The van der Waals surface area contributed by atoms with Crippen molar-refractivity contribution in [1.29, 1.82) is 0 Å². The molecule has 1 aliphatic rings. The summed E-state index contributed by atoms with van der Waals surface area (Å²) < 4.78 is 11.2. The van der Waals surface area contributed by atoms with Crippen molar-refractivity contribution < 1.29 is 14.6 Å². The number of nitrogens with one attached hydrogen (secondary N) is 1. The average Bonchev–Trinajstić information content (AvgIpc) is 2.76. The second-order valence-electron chi connectivity index (χ2n) is 3.57. The molecule has 0 bridgehead atoms. The van der Waals surface area contributed by atoms with Gasteiger partial charge in [-0.3, -0.25) is 0 Å². The summed E-state index contributed by atoms with van der Waals surface area (Å²) in [5.41, 5.74) is 1.01. The molecule has 78 valence electrons. The zero-order chi connectivity index (χ0) is 10.3. The lowest BCUT2D eigenvalue weighted by molar-refractivity contribution is 0.0472. The maximum atomic E-state index is 9.03. The Morgan fingerprint density at radius 3 is 3.20 bits per heavy atom. The maximum absolute atomic E-state index is 9.03. The fourth-order valence-electron chi connectivity index (χ4n) is 1.79. The fourth-order valence-corrected chi connectivity index (χ4v) is 1.79. The van der Waals surface area contributed by atoms with Crippen LogP contribution in [0.3, 0.4) is 0 Å². The Balaban J connectivity index is 2.15. The van der Waals surface area contributed by atoms with Crippen molar-refractivity contribution in [2.45, 2.75) is 6.10 Å². The minimum absolute atomic E-state index is 0.0275. The summed E-state index contributed by atoms with van der Waals surface area (Å²) >= 11 is 0. The summed E-state index contributed by atoms with van der Waals surface area (Å²) in [5, 5.41) is 10.0. The second kappa shape index (κ2) is 3.17. The van der Waals surface area contributed by atoms with Crippen LogP contribution in [0.25, 0.3) is 10.9 Å². The molecule has 2 aromatic rings. The first-order valence-electron chi connectivity index (χ1n) is 4.89. The third-order valence-corrected chi connectivity index (χ3v) is 2.56. The molecule has 2 heterocycles. The van der Waals surface area contributed by atoms with Gasteiger partial charge in [0.25, 0.3) is 0 Å². The molecule has 1 unspecified atom stereocenters. The molecule has 1 aliphatic heterocycles. The van der Waals surface area contributed by atoms with Gasteiger partial charge < -0.3 is 19.6 Å².